The first kappa shape index (κ1) is 15.3. The van der Waals surface area contributed by atoms with Crippen LogP contribution >= 0.6 is 11.6 Å². The van der Waals surface area contributed by atoms with Gasteiger partial charge in [-0.1, -0.05) is 37.6 Å². The number of amides is 1. The largest absolute Gasteiger partial charge is 0.322 e. The number of nitrogen functional groups attached to an aromatic ring is 1. The van der Waals surface area contributed by atoms with Crippen LogP contribution in [-0.2, 0) is 0 Å². The average molecular weight is 305 g/mol. The van der Waals surface area contributed by atoms with Crippen molar-refractivity contribution in [3.8, 4) is 0 Å². The summed E-state index contributed by atoms with van der Waals surface area (Å²) in [6.45, 7) is 4.20. The molecule has 5 nitrogen and oxygen atoms in total. The van der Waals surface area contributed by atoms with Crippen molar-refractivity contribution in [2.45, 2.75) is 19.8 Å². The minimum Gasteiger partial charge on any atom is -0.322 e. The second kappa shape index (κ2) is 6.56. The zero-order valence-corrected chi connectivity index (χ0v) is 12.6. The molecule has 0 aliphatic rings. The highest BCUT2D eigenvalue weighted by Gasteiger charge is 2.10. The lowest BCUT2D eigenvalue weighted by Gasteiger charge is -2.10. The summed E-state index contributed by atoms with van der Waals surface area (Å²) in [7, 11) is 0. The number of halogens is 1. The van der Waals surface area contributed by atoms with Gasteiger partial charge in [0.05, 0.1) is 0 Å². The van der Waals surface area contributed by atoms with E-state index in [2.05, 4.69) is 29.6 Å². The number of carbonyl (C=O) groups is 1. The summed E-state index contributed by atoms with van der Waals surface area (Å²) >= 11 is 5.86. The predicted molar refractivity (Wildman–Crippen MR) is 85.5 cm³/mol. The fourth-order valence-corrected chi connectivity index (χ4v) is 2.09. The van der Waals surface area contributed by atoms with Crippen LogP contribution in [0.15, 0.2) is 36.4 Å². The Kier molecular flexibility index (Phi) is 4.77. The number of nitrogens with two attached hydrogens (primary N) is 1. The highest BCUT2D eigenvalue weighted by atomic mass is 35.5. The van der Waals surface area contributed by atoms with Gasteiger partial charge in [0.25, 0.3) is 5.91 Å². The van der Waals surface area contributed by atoms with Crippen LogP contribution in [0.3, 0.4) is 0 Å². The third-order valence-corrected chi connectivity index (χ3v) is 3.21. The number of pyridine rings is 1. The molecule has 110 valence electrons. The van der Waals surface area contributed by atoms with Gasteiger partial charge in [-0.05, 0) is 35.7 Å². The zero-order valence-electron chi connectivity index (χ0n) is 11.9. The lowest BCUT2D eigenvalue weighted by atomic mass is 10.0. The highest BCUT2D eigenvalue weighted by molar-refractivity contribution is 6.30. The van der Waals surface area contributed by atoms with E-state index in [0.29, 0.717) is 17.3 Å². The van der Waals surface area contributed by atoms with Gasteiger partial charge in [0.15, 0.2) is 0 Å². The van der Waals surface area contributed by atoms with E-state index in [9.17, 15) is 4.79 Å². The number of nitrogens with zero attached hydrogens (tertiary/aromatic N) is 1. The number of anilines is 2. The van der Waals surface area contributed by atoms with Crippen molar-refractivity contribution < 1.29 is 4.79 Å². The first-order valence-electron chi connectivity index (χ1n) is 6.55. The molecule has 1 amide bonds. The maximum Gasteiger partial charge on any atom is 0.255 e. The number of carbonyl (C=O) groups excluding carboxylic acids is 1. The number of rotatable bonds is 4. The molecule has 4 N–H and O–H groups in total. The maximum absolute atomic E-state index is 12.2. The van der Waals surface area contributed by atoms with E-state index in [1.165, 1.54) is 12.1 Å². The van der Waals surface area contributed by atoms with Crippen molar-refractivity contribution in [3.05, 3.63) is 52.7 Å². The van der Waals surface area contributed by atoms with Crippen LogP contribution in [0.25, 0.3) is 0 Å². The van der Waals surface area contributed by atoms with Crippen molar-refractivity contribution in [2.75, 3.05) is 10.7 Å². The van der Waals surface area contributed by atoms with E-state index in [-0.39, 0.29) is 11.1 Å². The predicted octanol–water partition coefficient (Wildman–Crippen LogP) is 3.40. The number of benzene rings is 1. The molecule has 0 saturated heterocycles. The van der Waals surface area contributed by atoms with E-state index in [0.717, 1.165) is 11.3 Å². The monoisotopic (exact) mass is 304 g/mol. The molecule has 1 aromatic heterocycles. The molecule has 0 fully saturated rings. The van der Waals surface area contributed by atoms with Crippen LogP contribution < -0.4 is 16.6 Å². The lowest BCUT2D eigenvalue weighted by Crippen LogP contribution is -2.14. The standard InChI is InChI=1S/C15H17ClN4O/c1-9(2)10-4-3-5-12(6-10)18-15(21)11-7-13(16)19-14(8-11)20-17/h3-9H,17H2,1-2H3,(H,18,21)(H,19,20). The van der Waals surface area contributed by atoms with Crippen LogP contribution in [-0.4, -0.2) is 10.9 Å². The van der Waals surface area contributed by atoms with Gasteiger partial charge in [-0.25, -0.2) is 10.8 Å². The van der Waals surface area contributed by atoms with Crippen LogP contribution in [0.1, 0.15) is 35.7 Å². The van der Waals surface area contributed by atoms with Gasteiger partial charge in [-0.2, -0.15) is 0 Å². The van der Waals surface area contributed by atoms with Crippen molar-refractivity contribution in [3.63, 3.8) is 0 Å². The molecule has 0 saturated carbocycles. The van der Waals surface area contributed by atoms with Crippen LogP contribution in [0, 0.1) is 0 Å². The second-order valence-electron chi connectivity index (χ2n) is 4.94. The Bertz CT molecular complexity index is 658. The molecular formula is C15H17ClN4O. The fourth-order valence-electron chi connectivity index (χ4n) is 1.88. The fraction of sp³-hybridized carbons (Fsp3) is 0.200. The van der Waals surface area contributed by atoms with E-state index >= 15 is 0 Å². The van der Waals surface area contributed by atoms with Gasteiger partial charge in [0.2, 0.25) is 0 Å². The molecule has 0 unspecified atom stereocenters. The first-order chi connectivity index (χ1) is 9.99. The summed E-state index contributed by atoms with van der Waals surface area (Å²) in [5.41, 5.74) is 4.66. The summed E-state index contributed by atoms with van der Waals surface area (Å²) in [5.74, 6) is 5.75. The third-order valence-electron chi connectivity index (χ3n) is 3.02. The molecule has 2 aromatic rings. The molecule has 0 atom stereocenters. The summed E-state index contributed by atoms with van der Waals surface area (Å²) in [6, 6.07) is 10.8. The molecule has 0 aliphatic heterocycles. The summed E-state index contributed by atoms with van der Waals surface area (Å²) in [4.78, 5) is 16.2. The molecule has 21 heavy (non-hydrogen) atoms. The topological polar surface area (TPSA) is 80.0 Å². The molecule has 0 aliphatic carbocycles. The first-order valence-corrected chi connectivity index (χ1v) is 6.93. The van der Waals surface area contributed by atoms with Gasteiger partial charge in [-0.15, -0.1) is 0 Å². The van der Waals surface area contributed by atoms with Gasteiger partial charge >= 0.3 is 0 Å². The molecular weight excluding hydrogens is 288 g/mol. The zero-order chi connectivity index (χ0) is 15.4. The molecule has 0 spiro atoms. The Morgan fingerprint density at radius 2 is 2.05 bits per heavy atom. The molecule has 2 rings (SSSR count). The van der Waals surface area contributed by atoms with E-state index in [1.54, 1.807) is 0 Å². The van der Waals surface area contributed by atoms with Crippen molar-refractivity contribution >= 4 is 29.0 Å². The smallest absolute Gasteiger partial charge is 0.255 e. The van der Waals surface area contributed by atoms with Gasteiger partial charge in [0, 0.05) is 11.3 Å². The van der Waals surface area contributed by atoms with E-state index < -0.39 is 0 Å². The van der Waals surface area contributed by atoms with E-state index in [4.69, 9.17) is 17.4 Å². The Labute approximate surface area is 128 Å². The SMILES string of the molecule is CC(C)c1cccc(NC(=O)c2cc(Cl)nc(NN)c2)c1. The van der Waals surface area contributed by atoms with Crippen molar-refractivity contribution in [1.82, 2.24) is 4.98 Å². The number of hydrazine groups is 1. The van der Waals surface area contributed by atoms with Crippen molar-refractivity contribution in [1.29, 1.82) is 0 Å². The number of nitrogens with one attached hydrogen (secondary N) is 2. The Morgan fingerprint density at radius 3 is 2.71 bits per heavy atom. The van der Waals surface area contributed by atoms with E-state index in [1.807, 2.05) is 24.3 Å². The number of hydrogen-bond acceptors (Lipinski definition) is 4. The highest BCUT2D eigenvalue weighted by Crippen LogP contribution is 2.20. The lowest BCUT2D eigenvalue weighted by molar-refractivity contribution is 0.102. The van der Waals surface area contributed by atoms with Crippen LogP contribution in [0.4, 0.5) is 11.5 Å². The average Bonchev–Trinajstić information content (AvgIpc) is 2.46. The van der Waals surface area contributed by atoms with Gasteiger partial charge in [0.1, 0.15) is 11.0 Å². The number of aromatic nitrogens is 1. The minimum absolute atomic E-state index is 0.200. The molecule has 0 bridgehead atoms. The summed E-state index contributed by atoms with van der Waals surface area (Å²) in [6.07, 6.45) is 0. The van der Waals surface area contributed by atoms with Gasteiger partial charge < -0.3 is 10.7 Å². The minimum atomic E-state index is -0.267. The quantitative estimate of drug-likeness (QED) is 0.459. The second-order valence-corrected chi connectivity index (χ2v) is 5.33. The molecule has 6 heteroatoms. The van der Waals surface area contributed by atoms with Gasteiger partial charge in [-0.3, -0.25) is 4.79 Å². The Hall–Kier alpha value is -2.11. The molecule has 0 radical (unpaired) electrons. The van der Waals surface area contributed by atoms with Crippen LogP contribution in [0.5, 0.6) is 0 Å². The molecule has 1 heterocycles. The maximum atomic E-state index is 12.2. The normalized spacial score (nSPS) is 10.5. The summed E-state index contributed by atoms with van der Waals surface area (Å²) < 4.78 is 0. The number of hydrogen-bond donors (Lipinski definition) is 3. The van der Waals surface area contributed by atoms with Crippen molar-refractivity contribution in [2.24, 2.45) is 5.84 Å². The summed E-state index contributed by atoms with van der Waals surface area (Å²) in [5, 5.41) is 3.04. The van der Waals surface area contributed by atoms with Crippen LogP contribution in [0.2, 0.25) is 5.15 Å². The molecule has 1 aromatic carbocycles. The Balaban J connectivity index is 2.21. The third kappa shape index (κ3) is 3.93. The Morgan fingerprint density at radius 1 is 1.29 bits per heavy atom.